The van der Waals surface area contributed by atoms with Crippen molar-refractivity contribution in [1.82, 2.24) is 0 Å². The predicted molar refractivity (Wildman–Crippen MR) is 174 cm³/mol. The second kappa shape index (κ2) is 21.2. The molecule has 0 bridgehead atoms. The summed E-state index contributed by atoms with van der Waals surface area (Å²) in [7, 11) is -4.40. The van der Waals surface area contributed by atoms with Gasteiger partial charge >= 0.3 is 59.1 Å². The number of fused-ring (bicyclic) bond motifs is 4. The third kappa shape index (κ3) is 10.5. The van der Waals surface area contributed by atoms with Crippen molar-refractivity contribution >= 4 is 54.7 Å². The minimum atomic E-state index is -2.95. The molecular formula is C31H30N4Na2O10S2. The van der Waals surface area contributed by atoms with Crippen molar-refractivity contribution in [2.24, 2.45) is 11.5 Å². The molecule has 2 aliphatic carbocycles. The van der Waals surface area contributed by atoms with E-state index in [-0.39, 0.29) is 127 Å². The van der Waals surface area contributed by atoms with Gasteiger partial charge in [0.25, 0.3) is 0 Å². The maximum absolute atomic E-state index is 12.3. The molecule has 248 valence electrons. The molecule has 0 heterocycles. The Hall–Kier alpha value is -3.10. The number of ketones is 4. The summed E-state index contributed by atoms with van der Waals surface area (Å²) in [5, 5.41) is 19.4. The normalized spacial score (nSPS) is 12.5. The molecule has 0 amide bonds. The minimum Gasteiger partial charge on any atom is -0.763 e. The van der Waals surface area contributed by atoms with E-state index in [4.69, 9.17) is 34.7 Å². The van der Waals surface area contributed by atoms with Gasteiger partial charge < -0.3 is 42.3 Å². The van der Waals surface area contributed by atoms with Crippen LogP contribution in [-0.2, 0) is 20.2 Å². The maximum atomic E-state index is 12.3. The molecule has 4 aromatic rings. The van der Waals surface area contributed by atoms with Crippen LogP contribution in [0.5, 0.6) is 11.5 Å². The summed E-state index contributed by atoms with van der Waals surface area (Å²) in [6, 6.07) is 18.5. The predicted octanol–water partition coefficient (Wildman–Crippen LogP) is -4.29. The average Bonchev–Trinajstić information content (AvgIpc) is 3.06. The fourth-order valence-electron chi connectivity index (χ4n) is 4.46. The minimum absolute atomic E-state index is 0. The van der Waals surface area contributed by atoms with Crippen LogP contribution in [0.15, 0.2) is 72.8 Å². The van der Waals surface area contributed by atoms with Crippen molar-refractivity contribution < 1.29 is 106 Å². The molecule has 2 aliphatic rings. The fraction of sp³-hybridized carbons (Fsp3) is 0.0968. The molecule has 18 heteroatoms. The summed E-state index contributed by atoms with van der Waals surface area (Å²) >= 11 is 0. The molecule has 4 aromatic carbocycles. The fourth-order valence-corrected chi connectivity index (χ4v) is 4.46. The smallest absolute Gasteiger partial charge is 0.763 e. The molecule has 0 fully saturated rings. The SMILES string of the molecule is CCN.CN.Nc1ccc(N)c2c1C(=O)c1ccccc1C2=O.O=C1c2ccccc2C(=O)c2c(O)ccc(O)c21.O=S([O-])S(=O)[O-].[Na+].[Na+]. The van der Waals surface area contributed by atoms with Gasteiger partial charge in [-0.3, -0.25) is 27.6 Å². The zero-order valence-corrected chi connectivity index (χ0v) is 32.6. The molecule has 2 atom stereocenters. The molecule has 0 aliphatic heterocycles. The maximum Gasteiger partial charge on any atom is 1.00 e. The van der Waals surface area contributed by atoms with Crippen LogP contribution >= 0.6 is 0 Å². The van der Waals surface area contributed by atoms with E-state index in [2.05, 4.69) is 5.73 Å². The van der Waals surface area contributed by atoms with Gasteiger partial charge in [-0.1, -0.05) is 55.5 Å². The third-order valence-electron chi connectivity index (χ3n) is 6.28. The van der Waals surface area contributed by atoms with Crippen LogP contribution in [0.2, 0.25) is 0 Å². The molecule has 0 saturated carbocycles. The van der Waals surface area contributed by atoms with Gasteiger partial charge in [-0.05, 0) is 37.9 Å². The topological polar surface area (TPSA) is 293 Å². The van der Waals surface area contributed by atoms with E-state index in [1.165, 1.54) is 31.3 Å². The third-order valence-corrected chi connectivity index (χ3v) is 7.17. The van der Waals surface area contributed by atoms with Crippen molar-refractivity contribution in [2.45, 2.75) is 6.92 Å². The first kappa shape index (κ1) is 45.9. The zero-order valence-electron chi connectivity index (χ0n) is 26.9. The zero-order chi connectivity index (χ0) is 35.6. The quantitative estimate of drug-likeness (QED) is 0.0307. The van der Waals surface area contributed by atoms with Gasteiger partial charge in [0.15, 0.2) is 23.1 Å². The molecule has 0 spiro atoms. The van der Waals surface area contributed by atoms with Gasteiger partial charge in [-0.2, -0.15) is 0 Å². The Morgan fingerprint density at radius 3 is 1.00 bits per heavy atom. The molecule has 2 unspecified atom stereocenters. The van der Waals surface area contributed by atoms with Crippen LogP contribution in [0.1, 0.15) is 70.6 Å². The van der Waals surface area contributed by atoms with Gasteiger partial charge in [0.2, 0.25) is 0 Å². The summed E-state index contributed by atoms with van der Waals surface area (Å²) in [6.45, 7) is 2.65. The standard InChI is InChI=1S/C14H10N2O2.C14H8O4.C2H7N.CH5N.2Na.H2O4S2/c2*15-9-5-6-10(16)12-11(9)13(17)7-3-1-2-4-8(7)14(12)18;1-2-3;1-2;;;1-5(2)6(3)4/h1-6H,15-16H2;1-6,15-16H;2-3H2,1H3;2H2,1H3;;;(H,1,2)(H,3,4)/q;;;;2*+1;/p-2. The number of carbonyl (C=O) groups excluding carboxylic acids is 4. The number of nitrogen functional groups attached to an aromatic ring is 2. The number of phenolic OH excluding ortho intramolecular Hbond substituents is 2. The van der Waals surface area contributed by atoms with E-state index in [1.54, 1.807) is 48.5 Å². The number of nitrogens with two attached hydrogens (primary N) is 4. The van der Waals surface area contributed by atoms with Crippen molar-refractivity contribution in [2.75, 3.05) is 25.1 Å². The van der Waals surface area contributed by atoms with E-state index in [0.29, 0.717) is 11.1 Å². The van der Waals surface area contributed by atoms with E-state index < -0.39 is 31.8 Å². The molecule has 10 N–H and O–H groups in total. The Labute approximate surface area is 330 Å². The van der Waals surface area contributed by atoms with Crippen molar-refractivity contribution in [3.63, 3.8) is 0 Å². The molecule has 0 radical (unpaired) electrons. The molecule has 0 aromatic heterocycles. The number of benzene rings is 4. The number of aromatic hydroxyl groups is 2. The summed E-state index contributed by atoms with van der Waals surface area (Å²) in [4.78, 5) is 49.1. The first-order valence-electron chi connectivity index (χ1n) is 13.3. The van der Waals surface area contributed by atoms with E-state index in [1.807, 2.05) is 6.92 Å². The molecule has 49 heavy (non-hydrogen) atoms. The van der Waals surface area contributed by atoms with Gasteiger partial charge in [-0.15, -0.1) is 0 Å². The van der Waals surface area contributed by atoms with Gasteiger partial charge in [-0.25, -0.2) is 0 Å². The van der Waals surface area contributed by atoms with Crippen LogP contribution in [0.3, 0.4) is 0 Å². The van der Waals surface area contributed by atoms with Gasteiger partial charge in [0.1, 0.15) is 11.5 Å². The molecule has 0 saturated heterocycles. The van der Waals surface area contributed by atoms with E-state index in [9.17, 15) is 29.4 Å². The first-order chi connectivity index (χ1) is 22.3. The number of hydrogen-bond donors (Lipinski definition) is 6. The van der Waals surface area contributed by atoms with Crippen LogP contribution in [-0.4, -0.2) is 64.5 Å². The summed E-state index contributed by atoms with van der Waals surface area (Å²) in [5.74, 6) is -1.98. The van der Waals surface area contributed by atoms with Crippen molar-refractivity contribution in [3.05, 3.63) is 117 Å². The Morgan fingerprint density at radius 2 is 0.776 bits per heavy atom. The van der Waals surface area contributed by atoms with E-state index >= 15 is 0 Å². The Kier molecular flexibility index (Phi) is 19.9. The van der Waals surface area contributed by atoms with Crippen LogP contribution in [0.4, 0.5) is 11.4 Å². The summed E-state index contributed by atoms with van der Waals surface area (Å²) in [5.41, 5.74) is 22.9. The number of phenols is 2. The first-order valence-corrected chi connectivity index (χ1v) is 16.0. The van der Waals surface area contributed by atoms with Crippen molar-refractivity contribution in [1.29, 1.82) is 0 Å². The molecular weight excluding hydrogens is 698 g/mol. The van der Waals surface area contributed by atoms with Crippen LogP contribution in [0, 0.1) is 0 Å². The number of hydrogen-bond acceptors (Lipinski definition) is 14. The number of rotatable bonds is 1. The van der Waals surface area contributed by atoms with Gasteiger partial charge in [0, 0.05) is 53.9 Å². The Bertz CT molecular complexity index is 1650. The monoisotopic (exact) mass is 728 g/mol. The summed E-state index contributed by atoms with van der Waals surface area (Å²) in [6.07, 6.45) is 0. The Balaban J connectivity index is 0.000000706. The molecule has 14 nitrogen and oxygen atoms in total. The van der Waals surface area contributed by atoms with Crippen LogP contribution in [0.25, 0.3) is 0 Å². The summed E-state index contributed by atoms with van der Waals surface area (Å²) < 4.78 is 36.3. The molecule has 6 rings (SSSR count). The van der Waals surface area contributed by atoms with Crippen LogP contribution < -0.4 is 82.0 Å². The second-order valence-electron chi connectivity index (χ2n) is 9.07. The van der Waals surface area contributed by atoms with Crippen molar-refractivity contribution in [3.8, 4) is 11.5 Å². The average molecular weight is 729 g/mol. The second-order valence-corrected chi connectivity index (χ2v) is 11.5. The Morgan fingerprint density at radius 1 is 0.551 bits per heavy atom. The number of carbonyl (C=O) groups is 4. The van der Waals surface area contributed by atoms with E-state index in [0.717, 1.165) is 6.54 Å². The van der Waals surface area contributed by atoms with Gasteiger partial charge in [0.05, 0.1) is 22.3 Å². The largest absolute Gasteiger partial charge is 1.00 e. The number of anilines is 2.